The Hall–Kier alpha value is -4.01. The van der Waals surface area contributed by atoms with Crippen LogP contribution in [0.5, 0.6) is 0 Å². The maximum atomic E-state index is 13.2. The maximum absolute atomic E-state index is 13.2. The summed E-state index contributed by atoms with van der Waals surface area (Å²) in [5.74, 6) is 0.242. The summed E-state index contributed by atoms with van der Waals surface area (Å²) in [6, 6.07) is 10.1. The molecule has 0 saturated carbocycles. The minimum atomic E-state index is 0.0434. The third-order valence-electron chi connectivity index (χ3n) is 6.64. The number of fused-ring (bicyclic) bond motifs is 2. The van der Waals surface area contributed by atoms with Crippen LogP contribution in [0.2, 0.25) is 0 Å². The van der Waals surface area contributed by atoms with E-state index in [4.69, 9.17) is 5.10 Å². The lowest BCUT2D eigenvalue weighted by Crippen LogP contribution is -2.28. The number of hydrogen-bond acceptors (Lipinski definition) is 5. The van der Waals surface area contributed by atoms with E-state index in [1.54, 1.807) is 11.0 Å². The van der Waals surface area contributed by atoms with Gasteiger partial charge in [0.1, 0.15) is 18.3 Å². The van der Waals surface area contributed by atoms with Crippen molar-refractivity contribution in [3.63, 3.8) is 0 Å². The molecule has 0 aliphatic carbocycles. The Balaban J connectivity index is 1.28. The van der Waals surface area contributed by atoms with Crippen molar-refractivity contribution in [1.82, 2.24) is 39.2 Å². The minimum Gasteiger partial charge on any atom is -0.351 e. The molecule has 9 nitrogen and oxygen atoms in total. The van der Waals surface area contributed by atoms with E-state index in [-0.39, 0.29) is 11.8 Å². The van der Waals surface area contributed by atoms with Crippen molar-refractivity contribution in [2.75, 3.05) is 13.1 Å². The first kappa shape index (κ1) is 19.7. The predicted octanol–water partition coefficient (Wildman–Crippen LogP) is 3.10. The molecule has 1 aliphatic heterocycles. The maximum Gasteiger partial charge on any atom is 0.270 e. The van der Waals surface area contributed by atoms with E-state index in [1.165, 1.54) is 6.33 Å². The first-order chi connectivity index (χ1) is 16.1. The van der Waals surface area contributed by atoms with Gasteiger partial charge in [0.25, 0.3) is 5.91 Å². The van der Waals surface area contributed by atoms with Gasteiger partial charge in [0.15, 0.2) is 5.65 Å². The molecule has 0 unspecified atom stereocenters. The summed E-state index contributed by atoms with van der Waals surface area (Å²) in [7, 11) is 0. The molecule has 0 radical (unpaired) electrons. The monoisotopic (exact) mass is 440 g/mol. The van der Waals surface area contributed by atoms with Crippen LogP contribution in [0.15, 0.2) is 49.2 Å². The van der Waals surface area contributed by atoms with Gasteiger partial charge < -0.3 is 9.88 Å². The first-order valence-corrected chi connectivity index (χ1v) is 11.1. The summed E-state index contributed by atoms with van der Waals surface area (Å²) < 4.78 is 3.71. The second-order valence-electron chi connectivity index (χ2n) is 8.72. The van der Waals surface area contributed by atoms with Gasteiger partial charge in [-0.2, -0.15) is 10.2 Å². The molecule has 4 aromatic heterocycles. The number of nitrogens with zero attached hydrogens (tertiary/aromatic N) is 7. The summed E-state index contributed by atoms with van der Waals surface area (Å²) in [5, 5.41) is 10.1. The fourth-order valence-corrected chi connectivity index (χ4v) is 4.86. The summed E-state index contributed by atoms with van der Waals surface area (Å²) in [4.78, 5) is 27.1. The normalized spacial score (nSPS) is 16.3. The van der Waals surface area contributed by atoms with Crippen molar-refractivity contribution < 1.29 is 4.79 Å². The number of aromatic amines is 1. The number of carbonyl (C=O) groups excluding carboxylic acids is 1. The van der Waals surface area contributed by atoms with Gasteiger partial charge in [-0.3, -0.25) is 4.79 Å². The quantitative estimate of drug-likeness (QED) is 0.463. The zero-order valence-electron chi connectivity index (χ0n) is 18.6. The number of hydrogen-bond donors (Lipinski definition) is 1. The molecule has 1 amide bonds. The van der Waals surface area contributed by atoms with E-state index in [2.05, 4.69) is 33.0 Å². The topological polar surface area (TPSA) is 97.0 Å². The average molecular weight is 441 g/mol. The molecule has 6 rings (SSSR count). The summed E-state index contributed by atoms with van der Waals surface area (Å²) in [5.41, 5.74) is 6.66. The first-order valence-electron chi connectivity index (χ1n) is 11.1. The highest BCUT2D eigenvalue weighted by atomic mass is 16.2. The fourth-order valence-electron chi connectivity index (χ4n) is 4.86. The van der Waals surface area contributed by atoms with Crippen LogP contribution in [0.4, 0.5) is 0 Å². The van der Waals surface area contributed by atoms with Crippen molar-refractivity contribution in [1.29, 1.82) is 0 Å². The van der Waals surface area contributed by atoms with E-state index in [0.717, 1.165) is 45.5 Å². The van der Waals surface area contributed by atoms with Crippen molar-refractivity contribution >= 4 is 22.5 Å². The number of H-pyrrole nitrogens is 1. The van der Waals surface area contributed by atoms with Crippen LogP contribution in [0.25, 0.3) is 16.6 Å². The van der Waals surface area contributed by atoms with E-state index in [1.807, 2.05) is 46.8 Å². The lowest BCUT2D eigenvalue weighted by atomic mass is 10.0. The molecule has 0 bridgehead atoms. The number of amides is 1. The molecule has 1 fully saturated rings. The lowest BCUT2D eigenvalue weighted by molar-refractivity contribution is 0.0785. The molecule has 0 spiro atoms. The number of carbonyl (C=O) groups is 1. The molecular formula is C24H24N8O. The summed E-state index contributed by atoms with van der Waals surface area (Å²) >= 11 is 0. The zero-order valence-corrected chi connectivity index (χ0v) is 18.6. The number of nitrogens with one attached hydrogen (secondary N) is 1. The molecule has 9 heteroatoms. The van der Waals surface area contributed by atoms with E-state index in [0.29, 0.717) is 25.3 Å². The second-order valence-corrected chi connectivity index (χ2v) is 8.72. The number of benzene rings is 1. The molecule has 1 saturated heterocycles. The van der Waals surface area contributed by atoms with Gasteiger partial charge in [0.2, 0.25) is 0 Å². The van der Waals surface area contributed by atoms with Crippen LogP contribution in [0.1, 0.15) is 45.3 Å². The molecule has 5 heterocycles. The zero-order chi connectivity index (χ0) is 22.5. The Morgan fingerprint density at radius 1 is 1.24 bits per heavy atom. The van der Waals surface area contributed by atoms with Crippen molar-refractivity contribution in [2.45, 2.75) is 32.7 Å². The highest BCUT2D eigenvalue weighted by molar-refractivity contribution is 5.99. The summed E-state index contributed by atoms with van der Waals surface area (Å²) in [6.45, 7) is 6.00. The molecule has 1 aliphatic rings. The third-order valence-corrected chi connectivity index (χ3v) is 6.64. The number of likely N-dealkylation sites (tertiary alicyclic amines) is 1. The molecule has 1 N–H and O–H groups in total. The van der Waals surface area contributed by atoms with Gasteiger partial charge in [0, 0.05) is 41.7 Å². The molecule has 1 aromatic carbocycles. The highest BCUT2D eigenvalue weighted by Gasteiger charge is 2.31. The summed E-state index contributed by atoms with van der Waals surface area (Å²) in [6.07, 6.45) is 5.94. The van der Waals surface area contributed by atoms with Gasteiger partial charge in [-0.05, 0) is 44.0 Å². The van der Waals surface area contributed by atoms with E-state index >= 15 is 0 Å². The van der Waals surface area contributed by atoms with Gasteiger partial charge in [-0.1, -0.05) is 12.1 Å². The second kappa shape index (κ2) is 7.54. The SMILES string of the molecule is Cc1nn2c([C@@H]3CCN(C(=O)c4cc5c(C)cccc5[nH]4)C3)ccnc2c1Cn1cncn1. The van der Waals surface area contributed by atoms with Crippen LogP contribution in [0.3, 0.4) is 0 Å². The van der Waals surface area contributed by atoms with Crippen molar-refractivity contribution in [3.8, 4) is 0 Å². The van der Waals surface area contributed by atoms with Crippen LogP contribution in [0, 0.1) is 13.8 Å². The molecular weight excluding hydrogens is 416 g/mol. The Labute approximate surface area is 190 Å². The van der Waals surface area contributed by atoms with Crippen LogP contribution in [-0.2, 0) is 6.54 Å². The molecule has 1 atom stereocenters. The smallest absolute Gasteiger partial charge is 0.270 e. The lowest BCUT2D eigenvalue weighted by Gasteiger charge is -2.16. The van der Waals surface area contributed by atoms with Gasteiger partial charge in [-0.15, -0.1) is 0 Å². The van der Waals surface area contributed by atoms with Crippen LogP contribution < -0.4 is 0 Å². The number of aryl methyl sites for hydroxylation is 2. The molecule has 33 heavy (non-hydrogen) atoms. The predicted molar refractivity (Wildman–Crippen MR) is 123 cm³/mol. The largest absolute Gasteiger partial charge is 0.351 e. The van der Waals surface area contributed by atoms with Crippen LogP contribution in [-0.4, -0.2) is 58.2 Å². The average Bonchev–Trinajstić information content (AvgIpc) is 3.61. The van der Waals surface area contributed by atoms with Gasteiger partial charge in [-0.25, -0.2) is 19.2 Å². The Kier molecular flexibility index (Phi) is 4.49. The standard InChI is InChI=1S/C24H24N8O/c1-15-4-3-5-20-18(15)10-21(28-20)24(33)30-9-7-17(11-30)22-6-8-26-23-19(16(2)29-32(22)23)12-31-14-25-13-27-31/h3-6,8,10,13-14,17,28H,7,9,11-12H2,1-2H3/t17-/m1/s1. The van der Waals surface area contributed by atoms with E-state index < -0.39 is 0 Å². The third kappa shape index (κ3) is 3.27. The Morgan fingerprint density at radius 2 is 2.15 bits per heavy atom. The molecule has 5 aromatic rings. The Morgan fingerprint density at radius 3 is 2.97 bits per heavy atom. The van der Waals surface area contributed by atoms with Gasteiger partial charge >= 0.3 is 0 Å². The Bertz CT molecular complexity index is 1480. The van der Waals surface area contributed by atoms with Crippen molar-refractivity contribution in [2.24, 2.45) is 0 Å². The highest BCUT2D eigenvalue weighted by Crippen LogP contribution is 2.30. The van der Waals surface area contributed by atoms with Crippen LogP contribution >= 0.6 is 0 Å². The van der Waals surface area contributed by atoms with Gasteiger partial charge in [0.05, 0.1) is 17.9 Å². The number of aromatic nitrogens is 7. The van der Waals surface area contributed by atoms with Crippen molar-refractivity contribution in [3.05, 3.63) is 77.4 Å². The van der Waals surface area contributed by atoms with E-state index in [9.17, 15) is 4.79 Å². The minimum absolute atomic E-state index is 0.0434. The fraction of sp³-hybridized carbons (Fsp3) is 0.292. The molecule has 166 valence electrons. The number of rotatable bonds is 4.